The van der Waals surface area contributed by atoms with Crippen LogP contribution in [0.3, 0.4) is 0 Å². The molecule has 1 saturated heterocycles. The van der Waals surface area contributed by atoms with Gasteiger partial charge >= 0.3 is 0 Å². The van der Waals surface area contributed by atoms with Crippen LogP contribution in [0.1, 0.15) is 61.2 Å². The summed E-state index contributed by atoms with van der Waals surface area (Å²) in [4.78, 5) is 37.1. The third-order valence-corrected chi connectivity index (χ3v) is 5.96. The number of likely N-dealkylation sites (tertiary alicyclic amines) is 1. The number of hydrogen-bond acceptors (Lipinski definition) is 5. The molecule has 0 bridgehead atoms. The van der Waals surface area contributed by atoms with Crippen molar-refractivity contribution in [1.82, 2.24) is 29.5 Å². The first kappa shape index (κ1) is 19.8. The van der Waals surface area contributed by atoms with Crippen molar-refractivity contribution in [3.8, 4) is 0 Å². The number of nitrogens with zero attached hydrogens (tertiary/aromatic N) is 5. The first-order valence-electron chi connectivity index (χ1n) is 10.6. The molecule has 8 heteroatoms. The number of carbonyl (C=O) groups excluding carboxylic acids is 1. The van der Waals surface area contributed by atoms with Crippen LogP contribution in [-0.2, 0) is 31.4 Å². The molecule has 2 aromatic rings. The normalized spacial score (nSPS) is 19.9. The van der Waals surface area contributed by atoms with Crippen LogP contribution in [0.25, 0.3) is 0 Å². The summed E-state index contributed by atoms with van der Waals surface area (Å²) in [6.45, 7) is 5.84. The highest BCUT2D eigenvalue weighted by Gasteiger charge is 2.28. The van der Waals surface area contributed by atoms with Gasteiger partial charge < -0.3 is 9.88 Å². The highest BCUT2D eigenvalue weighted by atomic mass is 16.2. The average Bonchev–Trinajstić information content (AvgIpc) is 3.12. The van der Waals surface area contributed by atoms with Crippen molar-refractivity contribution in [3.63, 3.8) is 0 Å². The minimum Gasteiger partial charge on any atom is -0.338 e. The standard InChI is InChI=1S/C21H30N6O2/c1-3-5-19(28)27-9-7-18-17(14-27)21(29)24-20(23-18)16-6-4-8-26(13-16)12-15-10-22-25(2)11-15/h10-11,16H,3-9,12-14H2,1-2H3,(H,23,24,29)/t16-/m0/s1. The molecule has 1 atom stereocenters. The van der Waals surface area contributed by atoms with Gasteiger partial charge in [-0.15, -0.1) is 0 Å². The van der Waals surface area contributed by atoms with E-state index < -0.39 is 0 Å². The molecule has 4 rings (SSSR count). The van der Waals surface area contributed by atoms with Gasteiger partial charge in [-0.1, -0.05) is 6.92 Å². The quantitative estimate of drug-likeness (QED) is 0.826. The maximum atomic E-state index is 12.8. The minimum atomic E-state index is -0.0802. The van der Waals surface area contributed by atoms with Crippen LogP contribution in [0.15, 0.2) is 17.2 Å². The van der Waals surface area contributed by atoms with E-state index in [1.165, 1.54) is 5.56 Å². The SMILES string of the molecule is CCCC(=O)N1CCc2nc([C@H]3CCCN(Cc4cnn(C)c4)C3)[nH]c(=O)c2C1. The first-order valence-corrected chi connectivity index (χ1v) is 10.6. The summed E-state index contributed by atoms with van der Waals surface area (Å²) in [6, 6.07) is 0. The summed E-state index contributed by atoms with van der Waals surface area (Å²) in [5.41, 5.74) is 2.65. The lowest BCUT2D eigenvalue weighted by atomic mass is 9.96. The van der Waals surface area contributed by atoms with Crippen molar-refractivity contribution in [2.75, 3.05) is 19.6 Å². The molecule has 156 valence electrons. The molecule has 4 heterocycles. The largest absolute Gasteiger partial charge is 0.338 e. The molecule has 0 unspecified atom stereocenters. The van der Waals surface area contributed by atoms with E-state index in [1.807, 2.05) is 31.0 Å². The zero-order chi connectivity index (χ0) is 20.4. The predicted molar refractivity (Wildman–Crippen MR) is 109 cm³/mol. The molecule has 2 aliphatic rings. The highest BCUT2D eigenvalue weighted by molar-refractivity contribution is 5.76. The zero-order valence-electron chi connectivity index (χ0n) is 17.4. The lowest BCUT2D eigenvalue weighted by molar-refractivity contribution is -0.132. The van der Waals surface area contributed by atoms with Gasteiger partial charge in [-0.2, -0.15) is 5.10 Å². The van der Waals surface area contributed by atoms with Crippen molar-refractivity contribution in [3.05, 3.63) is 45.4 Å². The van der Waals surface area contributed by atoms with Gasteiger partial charge in [0.1, 0.15) is 5.82 Å². The smallest absolute Gasteiger partial charge is 0.256 e. The summed E-state index contributed by atoms with van der Waals surface area (Å²) in [7, 11) is 1.93. The molecular weight excluding hydrogens is 368 g/mol. The lowest BCUT2D eigenvalue weighted by Crippen LogP contribution is -2.40. The Balaban J connectivity index is 1.47. The van der Waals surface area contributed by atoms with Crippen LogP contribution in [0.5, 0.6) is 0 Å². The molecule has 2 aromatic heterocycles. The Morgan fingerprint density at radius 2 is 2.21 bits per heavy atom. The summed E-state index contributed by atoms with van der Waals surface area (Å²) >= 11 is 0. The topological polar surface area (TPSA) is 87.1 Å². The van der Waals surface area contributed by atoms with Crippen LogP contribution < -0.4 is 5.56 Å². The Bertz CT molecular complexity index is 933. The molecule has 0 aromatic carbocycles. The summed E-state index contributed by atoms with van der Waals surface area (Å²) in [6.07, 6.45) is 8.11. The first-order chi connectivity index (χ1) is 14.0. The molecule has 0 aliphatic carbocycles. The molecule has 1 N–H and O–H groups in total. The Labute approximate surface area is 170 Å². The van der Waals surface area contributed by atoms with Crippen molar-refractivity contribution >= 4 is 5.91 Å². The second-order valence-electron chi connectivity index (χ2n) is 8.29. The number of carbonyl (C=O) groups is 1. The molecule has 0 spiro atoms. The minimum absolute atomic E-state index is 0.0802. The van der Waals surface area contributed by atoms with Crippen molar-refractivity contribution in [1.29, 1.82) is 0 Å². The maximum absolute atomic E-state index is 12.8. The lowest BCUT2D eigenvalue weighted by Gasteiger charge is -2.33. The Morgan fingerprint density at radius 1 is 1.34 bits per heavy atom. The highest BCUT2D eigenvalue weighted by Crippen LogP contribution is 2.26. The number of nitrogens with one attached hydrogen (secondary N) is 1. The van der Waals surface area contributed by atoms with Crippen molar-refractivity contribution in [2.45, 2.75) is 58.0 Å². The number of aromatic amines is 1. The van der Waals surface area contributed by atoms with Crippen molar-refractivity contribution < 1.29 is 4.79 Å². The Kier molecular flexibility index (Phi) is 5.80. The summed E-state index contributed by atoms with van der Waals surface area (Å²) in [5, 5.41) is 4.25. The molecular formula is C21H30N6O2. The second-order valence-corrected chi connectivity index (χ2v) is 8.29. The van der Waals surface area contributed by atoms with Crippen LogP contribution in [-0.4, -0.2) is 55.1 Å². The van der Waals surface area contributed by atoms with Gasteiger partial charge in [-0.25, -0.2) is 4.98 Å². The van der Waals surface area contributed by atoms with Gasteiger partial charge in [0.05, 0.1) is 24.0 Å². The van der Waals surface area contributed by atoms with Gasteiger partial charge in [0.15, 0.2) is 0 Å². The number of aromatic nitrogens is 4. The van der Waals surface area contributed by atoms with E-state index in [0.29, 0.717) is 31.5 Å². The average molecular weight is 399 g/mol. The fraction of sp³-hybridized carbons (Fsp3) is 0.619. The van der Waals surface area contributed by atoms with Crippen LogP contribution in [0, 0.1) is 0 Å². The van der Waals surface area contributed by atoms with E-state index in [4.69, 9.17) is 4.98 Å². The second kappa shape index (κ2) is 8.49. The van der Waals surface area contributed by atoms with E-state index >= 15 is 0 Å². The monoisotopic (exact) mass is 398 g/mol. The van der Waals surface area contributed by atoms with Gasteiger partial charge in [0, 0.05) is 57.2 Å². The van der Waals surface area contributed by atoms with E-state index in [1.54, 1.807) is 4.90 Å². The molecule has 1 fully saturated rings. The number of fused-ring (bicyclic) bond motifs is 1. The molecule has 0 radical (unpaired) electrons. The zero-order valence-corrected chi connectivity index (χ0v) is 17.4. The third kappa shape index (κ3) is 4.42. The fourth-order valence-electron chi connectivity index (χ4n) is 4.46. The molecule has 1 amide bonds. The van der Waals surface area contributed by atoms with E-state index in [0.717, 1.165) is 50.4 Å². The van der Waals surface area contributed by atoms with E-state index in [-0.39, 0.29) is 17.4 Å². The van der Waals surface area contributed by atoms with Gasteiger partial charge in [-0.3, -0.25) is 19.2 Å². The maximum Gasteiger partial charge on any atom is 0.256 e. The Morgan fingerprint density at radius 3 is 2.97 bits per heavy atom. The number of aryl methyl sites for hydroxylation is 1. The third-order valence-electron chi connectivity index (χ3n) is 5.96. The molecule has 29 heavy (non-hydrogen) atoms. The molecule has 8 nitrogen and oxygen atoms in total. The van der Waals surface area contributed by atoms with Crippen molar-refractivity contribution in [2.24, 2.45) is 7.05 Å². The summed E-state index contributed by atoms with van der Waals surface area (Å²) in [5.74, 6) is 1.16. The molecule has 0 saturated carbocycles. The van der Waals surface area contributed by atoms with Crippen LogP contribution in [0.2, 0.25) is 0 Å². The number of amides is 1. The van der Waals surface area contributed by atoms with Crippen LogP contribution >= 0.6 is 0 Å². The fourth-order valence-corrected chi connectivity index (χ4v) is 4.46. The van der Waals surface area contributed by atoms with Gasteiger partial charge in [-0.05, 0) is 25.8 Å². The predicted octanol–water partition coefficient (Wildman–Crippen LogP) is 1.57. The number of hydrogen-bond donors (Lipinski definition) is 1. The van der Waals surface area contributed by atoms with E-state index in [9.17, 15) is 9.59 Å². The number of rotatable bonds is 5. The van der Waals surface area contributed by atoms with E-state index in [2.05, 4.69) is 15.0 Å². The molecule has 2 aliphatic heterocycles. The number of H-pyrrole nitrogens is 1. The van der Waals surface area contributed by atoms with Gasteiger partial charge in [0.2, 0.25) is 5.91 Å². The van der Waals surface area contributed by atoms with Gasteiger partial charge in [0.25, 0.3) is 5.56 Å². The van der Waals surface area contributed by atoms with Crippen LogP contribution in [0.4, 0.5) is 0 Å². The Hall–Kier alpha value is -2.48. The number of piperidine rings is 1. The summed E-state index contributed by atoms with van der Waals surface area (Å²) < 4.78 is 1.83.